The van der Waals surface area contributed by atoms with E-state index in [2.05, 4.69) is 5.32 Å². The molecule has 0 aromatic heterocycles. The van der Waals surface area contributed by atoms with Gasteiger partial charge < -0.3 is 14.8 Å². The van der Waals surface area contributed by atoms with Crippen LogP contribution in [-0.4, -0.2) is 27.9 Å². The molecule has 0 atom stereocenters. The van der Waals surface area contributed by atoms with Crippen molar-refractivity contribution < 1.29 is 28.4 Å². The van der Waals surface area contributed by atoms with Crippen LogP contribution in [0.15, 0.2) is 30.3 Å². The second kappa shape index (κ2) is 9.74. The third-order valence-corrected chi connectivity index (χ3v) is 4.28. The van der Waals surface area contributed by atoms with Gasteiger partial charge in [-0.1, -0.05) is 11.6 Å². The lowest BCUT2D eigenvalue weighted by molar-refractivity contribution is -0.385. The molecule has 33 heavy (non-hydrogen) atoms. The number of hydrogen-bond acceptors (Lipinski definition) is 6. The summed E-state index contributed by atoms with van der Waals surface area (Å²) in [5.41, 5.74) is -1.70. The van der Waals surface area contributed by atoms with Crippen LogP contribution in [0.2, 0.25) is 5.02 Å². The van der Waals surface area contributed by atoms with E-state index in [1.807, 2.05) is 0 Å². The number of halogens is 2. The molecule has 2 aromatic rings. The molecule has 2 aromatic carbocycles. The molecule has 0 bridgehead atoms. The predicted molar refractivity (Wildman–Crippen MR) is 121 cm³/mol. The van der Waals surface area contributed by atoms with Gasteiger partial charge in [0.1, 0.15) is 17.2 Å². The van der Waals surface area contributed by atoms with Crippen molar-refractivity contribution >= 4 is 29.2 Å². The normalized spacial score (nSPS) is 11.6. The Hall–Kier alpha value is -3.20. The summed E-state index contributed by atoms with van der Waals surface area (Å²) in [6.07, 6.45) is -0.346. The van der Waals surface area contributed by atoms with Gasteiger partial charge in [0.25, 0.3) is 5.91 Å². The second-order valence-electron chi connectivity index (χ2n) is 9.38. The molecular weight excluding hydrogens is 455 g/mol. The number of rotatable bonds is 6. The minimum atomic E-state index is -0.788. The molecule has 0 saturated heterocycles. The zero-order chi connectivity index (χ0) is 25.1. The van der Waals surface area contributed by atoms with E-state index in [0.717, 1.165) is 12.1 Å². The number of hydrogen-bond donors (Lipinski definition) is 1. The molecule has 0 saturated carbocycles. The summed E-state index contributed by atoms with van der Waals surface area (Å²) in [5.74, 6) is -2.33. The zero-order valence-electron chi connectivity index (χ0n) is 19.2. The number of ether oxygens (including phenoxy) is 2. The van der Waals surface area contributed by atoms with Crippen LogP contribution < -0.4 is 10.1 Å². The van der Waals surface area contributed by atoms with Gasteiger partial charge in [-0.3, -0.25) is 19.7 Å². The average Bonchev–Trinajstić information content (AvgIpc) is 2.62. The lowest BCUT2D eigenvalue weighted by Crippen LogP contribution is -2.40. The Kier molecular flexibility index (Phi) is 7.69. The SMILES string of the molecule is CC(C)(C)NC(=O)c1ccc(Oc2cc(F)c(CC(=O)OC(C)(C)C)cc2Cl)c([N+](=O)[O-])c1. The predicted octanol–water partition coefficient (Wildman–Crippen LogP) is 5.59. The molecule has 0 aliphatic heterocycles. The Morgan fingerprint density at radius 1 is 1.09 bits per heavy atom. The minimum absolute atomic E-state index is 0.00898. The smallest absolute Gasteiger partial charge is 0.312 e. The van der Waals surface area contributed by atoms with Crippen LogP contribution in [0.5, 0.6) is 11.5 Å². The Balaban J connectivity index is 2.31. The summed E-state index contributed by atoms with van der Waals surface area (Å²) >= 11 is 6.18. The number of carbonyl (C=O) groups is 2. The highest BCUT2D eigenvalue weighted by Crippen LogP contribution is 2.37. The van der Waals surface area contributed by atoms with Gasteiger partial charge in [0.05, 0.1) is 16.4 Å². The number of benzene rings is 2. The van der Waals surface area contributed by atoms with Gasteiger partial charge in [-0.2, -0.15) is 0 Å². The Morgan fingerprint density at radius 3 is 2.27 bits per heavy atom. The van der Waals surface area contributed by atoms with Gasteiger partial charge >= 0.3 is 11.7 Å². The van der Waals surface area contributed by atoms with Crippen LogP contribution in [-0.2, 0) is 16.0 Å². The number of nitro benzene ring substituents is 1. The zero-order valence-corrected chi connectivity index (χ0v) is 20.0. The Bertz CT molecular complexity index is 1090. The topological polar surface area (TPSA) is 108 Å². The maximum absolute atomic E-state index is 14.6. The molecule has 0 fully saturated rings. The van der Waals surface area contributed by atoms with Crippen molar-refractivity contribution in [2.24, 2.45) is 0 Å². The summed E-state index contributed by atoms with van der Waals surface area (Å²) in [5, 5.41) is 14.2. The van der Waals surface area contributed by atoms with Crippen molar-refractivity contribution in [1.82, 2.24) is 5.32 Å². The van der Waals surface area contributed by atoms with Gasteiger partial charge in [0, 0.05) is 28.8 Å². The summed E-state index contributed by atoms with van der Waals surface area (Å²) in [6.45, 7) is 10.4. The van der Waals surface area contributed by atoms with E-state index in [-0.39, 0.29) is 34.1 Å². The molecule has 1 N–H and O–H groups in total. The number of nitrogens with zero attached hydrogens (tertiary/aromatic N) is 1. The number of esters is 1. The van der Waals surface area contributed by atoms with E-state index in [4.69, 9.17) is 21.1 Å². The van der Waals surface area contributed by atoms with Crippen LogP contribution in [0.3, 0.4) is 0 Å². The molecule has 10 heteroatoms. The third kappa shape index (κ3) is 7.71. The lowest BCUT2D eigenvalue weighted by Gasteiger charge is -2.20. The van der Waals surface area contributed by atoms with E-state index < -0.39 is 39.4 Å². The van der Waals surface area contributed by atoms with E-state index in [1.54, 1.807) is 41.5 Å². The fraction of sp³-hybridized carbons (Fsp3) is 0.391. The number of nitro groups is 1. The van der Waals surface area contributed by atoms with Crippen LogP contribution in [0.25, 0.3) is 0 Å². The Morgan fingerprint density at radius 2 is 1.73 bits per heavy atom. The molecule has 0 aliphatic rings. The van der Waals surface area contributed by atoms with Crippen LogP contribution in [0.4, 0.5) is 10.1 Å². The molecule has 0 radical (unpaired) electrons. The first-order chi connectivity index (χ1) is 15.1. The van der Waals surface area contributed by atoms with Gasteiger partial charge in [0.2, 0.25) is 5.75 Å². The van der Waals surface area contributed by atoms with E-state index in [9.17, 15) is 24.1 Å². The van der Waals surface area contributed by atoms with Crippen molar-refractivity contribution in [3.8, 4) is 11.5 Å². The number of nitrogens with one attached hydrogen (secondary N) is 1. The van der Waals surface area contributed by atoms with Crippen LogP contribution in [0.1, 0.15) is 57.5 Å². The largest absolute Gasteiger partial charge is 0.460 e. The molecule has 0 unspecified atom stereocenters. The van der Waals surface area contributed by atoms with E-state index >= 15 is 0 Å². The van der Waals surface area contributed by atoms with Crippen molar-refractivity contribution in [3.05, 3.63) is 62.4 Å². The van der Waals surface area contributed by atoms with E-state index in [0.29, 0.717) is 0 Å². The maximum Gasteiger partial charge on any atom is 0.312 e. The van der Waals surface area contributed by atoms with Crippen LogP contribution in [0, 0.1) is 15.9 Å². The quantitative estimate of drug-likeness (QED) is 0.328. The molecule has 0 aliphatic carbocycles. The molecule has 0 heterocycles. The molecule has 0 spiro atoms. The Labute approximate surface area is 196 Å². The summed E-state index contributed by atoms with van der Waals surface area (Å²) in [4.78, 5) is 35.2. The summed E-state index contributed by atoms with van der Waals surface area (Å²) in [6, 6.07) is 5.79. The molecule has 2 rings (SSSR count). The highest BCUT2D eigenvalue weighted by Gasteiger charge is 2.24. The van der Waals surface area contributed by atoms with Crippen molar-refractivity contribution in [2.75, 3.05) is 0 Å². The minimum Gasteiger partial charge on any atom is -0.460 e. The maximum atomic E-state index is 14.6. The standard InChI is InChI=1S/C23H26ClFN2O6/c1-22(2,3)26-21(29)13-7-8-18(17(10-13)27(30)31)32-19-12-16(25)14(9-15(19)24)11-20(28)33-23(4,5)6/h7-10,12H,11H2,1-6H3,(H,26,29). The third-order valence-electron chi connectivity index (χ3n) is 3.98. The molecular formula is C23H26ClFN2O6. The monoisotopic (exact) mass is 480 g/mol. The number of amides is 1. The van der Waals surface area contributed by atoms with Crippen molar-refractivity contribution in [3.63, 3.8) is 0 Å². The summed E-state index contributed by atoms with van der Waals surface area (Å²) < 4.78 is 25.3. The van der Waals surface area contributed by atoms with Gasteiger partial charge in [-0.15, -0.1) is 0 Å². The van der Waals surface area contributed by atoms with Crippen LogP contribution >= 0.6 is 11.6 Å². The first kappa shape index (κ1) is 26.1. The van der Waals surface area contributed by atoms with Crippen molar-refractivity contribution in [2.45, 2.75) is 59.1 Å². The van der Waals surface area contributed by atoms with Gasteiger partial charge in [-0.05, 0) is 59.7 Å². The van der Waals surface area contributed by atoms with Gasteiger partial charge in [-0.25, -0.2) is 4.39 Å². The average molecular weight is 481 g/mol. The van der Waals surface area contributed by atoms with Gasteiger partial charge in [0.15, 0.2) is 0 Å². The highest BCUT2D eigenvalue weighted by molar-refractivity contribution is 6.32. The number of carbonyl (C=O) groups excluding carboxylic acids is 2. The first-order valence-corrected chi connectivity index (χ1v) is 10.4. The first-order valence-electron chi connectivity index (χ1n) is 10.0. The fourth-order valence-electron chi connectivity index (χ4n) is 2.74. The molecule has 178 valence electrons. The fourth-order valence-corrected chi connectivity index (χ4v) is 2.96. The second-order valence-corrected chi connectivity index (χ2v) is 9.79. The molecule has 1 amide bonds. The highest BCUT2D eigenvalue weighted by atomic mass is 35.5. The molecule has 8 nitrogen and oxygen atoms in total. The summed E-state index contributed by atoms with van der Waals surface area (Å²) in [7, 11) is 0. The van der Waals surface area contributed by atoms with Crippen molar-refractivity contribution in [1.29, 1.82) is 0 Å². The lowest BCUT2D eigenvalue weighted by atomic mass is 10.1. The van der Waals surface area contributed by atoms with E-state index in [1.165, 1.54) is 18.2 Å².